The lowest BCUT2D eigenvalue weighted by atomic mass is 10.1. The fourth-order valence-corrected chi connectivity index (χ4v) is 3.17. The number of aromatic hydroxyl groups is 1. The van der Waals surface area contributed by atoms with Gasteiger partial charge in [-0.1, -0.05) is 0 Å². The molecule has 1 aliphatic heterocycles. The number of phenolic OH excluding ortho intramolecular Hbond substituents is 1. The predicted octanol–water partition coefficient (Wildman–Crippen LogP) is 1.96. The highest BCUT2D eigenvalue weighted by Gasteiger charge is 2.37. The summed E-state index contributed by atoms with van der Waals surface area (Å²) in [5.41, 5.74) is 7.45. The summed E-state index contributed by atoms with van der Waals surface area (Å²) in [7, 11) is 0. The molecule has 2 unspecified atom stereocenters. The molecule has 3 N–H and O–H groups in total. The lowest BCUT2D eigenvalue weighted by Crippen LogP contribution is -2.31. The Hall–Kier alpha value is -1.22. The minimum absolute atomic E-state index is 0.372. The van der Waals surface area contributed by atoms with Crippen molar-refractivity contribution in [3.63, 3.8) is 0 Å². The number of benzene rings is 1. The van der Waals surface area contributed by atoms with E-state index in [0.717, 1.165) is 29.8 Å². The minimum Gasteiger partial charge on any atom is -0.508 e. The Morgan fingerprint density at radius 2 is 2.25 bits per heavy atom. The summed E-state index contributed by atoms with van der Waals surface area (Å²) in [4.78, 5) is 2.49. The molecule has 1 saturated heterocycles. The molecular weight excluding hydrogens is 200 g/mol. The number of fused-ring (bicyclic) bond motifs is 2. The molecule has 2 bridgehead atoms. The van der Waals surface area contributed by atoms with Crippen LogP contribution in [0.4, 0.5) is 5.69 Å². The zero-order valence-corrected chi connectivity index (χ0v) is 9.39. The van der Waals surface area contributed by atoms with Crippen LogP contribution in [0.5, 0.6) is 5.75 Å². The van der Waals surface area contributed by atoms with Crippen LogP contribution >= 0.6 is 0 Å². The Morgan fingerprint density at radius 3 is 2.94 bits per heavy atom. The zero-order chi connectivity index (χ0) is 11.1. The minimum atomic E-state index is 0.372. The van der Waals surface area contributed by atoms with Crippen LogP contribution in [0.15, 0.2) is 18.2 Å². The van der Waals surface area contributed by atoms with E-state index < -0.39 is 0 Å². The molecule has 1 saturated carbocycles. The molecule has 86 valence electrons. The van der Waals surface area contributed by atoms with E-state index in [-0.39, 0.29) is 0 Å². The second-order valence-electron chi connectivity index (χ2n) is 5.15. The fraction of sp³-hybridized carbons (Fsp3) is 0.538. The maximum Gasteiger partial charge on any atom is 0.120 e. The molecule has 0 aromatic heterocycles. The first-order chi connectivity index (χ1) is 7.72. The summed E-state index contributed by atoms with van der Waals surface area (Å²) < 4.78 is 0. The Morgan fingerprint density at radius 1 is 1.38 bits per heavy atom. The monoisotopic (exact) mass is 218 g/mol. The topological polar surface area (TPSA) is 49.5 Å². The van der Waals surface area contributed by atoms with E-state index in [9.17, 15) is 5.11 Å². The van der Waals surface area contributed by atoms with Crippen molar-refractivity contribution in [2.45, 2.75) is 31.8 Å². The van der Waals surface area contributed by atoms with Crippen molar-refractivity contribution in [3.05, 3.63) is 23.8 Å². The zero-order valence-electron chi connectivity index (χ0n) is 9.39. The average Bonchev–Trinajstić information content (AvgIpc) is 2.85. The largest absolute Gasteiger partial charge is 0.508 e. The SMILES string of the molecule is Nc1ccc(O)c(CN2CC3CCC2C3)c1. The summed E-state index contributed by atoms with van der Waals surface area (Å²) in [6, 6.07) is 6.07. The van der Waals surface area contributed by atoms with Gasteiger partial charge in [0.05, 0.1) is 0 Å². The number of rotatable bonds is 2. The van der Waals surface area contributed by atoms with E-state index >= 15 is 0 Å². The highest BCUT2D eigenvalue weighted by Crippen LogP contribution is 2.38. The van der Waals surface area contributed by atoms with Crippen LogP contribution in [0.3, 0.4) is 0 Å². The molecule has 1 aliphatic carbocycles. The number of likely N-dealkylation sites (tertiary alicyclic amines) is 1. The lowest BCUT2D eigenvalue weighted by molar-refractivity contribution is 0.203. The summed E-state index contributed by atoms with van der Waals surface area (Å²) in [6.45, 7) is 2.04. The number of piperidine rings is 1. The van der Waals surface area contributed by atoms with Crippen LogP contribution in [0.2, 0.25) is 0 Å². The third kappa shape index (κ3) is 1.65. The van der Waals surface area contributed by atoms with Crippen LogP contribution in [0.1, 0.15) is 24.8 Å². The van der Waals surface area contributed by atoms with Gasteiger partial charge in [0.1, 0.15) is 5.75 Å². The van der Waals surface area contributed by atoms with Gasteiger partial charge < -0.3 is 10.8 Å². The summed E-state index contributed by atoms with van der Waals surface area (Å²) in [5, 5.41) is 9.78. The second-order valence-corrected chi connectivity index (χ2v) is 5.15. The van der Waals surface area contributed by atoms with Crippen molar-refractivity contribution in [3.8, 4) is 5.75 Å². The average molecular weight is 218 g/mol. The van der Waals surface area contributed by atoms with Crippen LogP contribution in [0.25, 0.3) is 0 Å². The maximum absolute atomic E-state index is 9.78. The molecule has 1 aromatic rings. The van der Waals surface area contributed by atoms with Gasteiger partial charge in [-0.25, -0.2) is 0 Å². The van der Waals surface area contributed by atoms with E-state index in [2.05, 4.69) is 4.90 Å². The summed E-state index contributed by atoms with van der Waals surface area (Å²) in [6.07, 6.45) is 4.07. The molecule has 0 spiro atoms. The van der Waals surface area contributed by atoms with Gasteiger partial charge in [0.2, 0.25) is 0 Å². The smallest absolute Gasteiger partial charge is 0.120 e. The van der Waals surface area contributed by atoms with Gasteiger partial charge >= 0.3 is 0 Å². The molecular formula is C13H18N2O. The van der Waals surface area contributed by atoms with E-state index in [0.29, 0.717) is 5.75 Å². The van der Waals surface area contributed by atoms with E-state index in [1.165, 1.54) is 25.8 Å². The Balaban J connectivity index is 1.76. The number of nitrogens with two attached hydrogens (primary N) is 1. The molecule has 3 heteroatoms. The van der Waals surface area contributed by atoms with E-state index in [4.69, 9.17) is 5.73 Å². The normalized spacial score (nSPS) is 28.8. The van der Waals surface area contributed by atoms with Crippen LogP contribution in [0, 0.1) is 5.92 Å². The molecule has 16 heavy (non-hydrogen) atoms. The molecule has 3 nitrogen and oxygen atoms in total. The van der Waals surface area contributed by atoms with Gasteiger partial charge in [-0.2, -0.15) is 0 Å². The van der Waals surface area contributed by atoms with Gasteiger partial charge in [-0.3, -0.25) is 4.90 Å². The Kier molecular flexibility index (Phi) is 2.28. The number of anilines is 1. The molecule has 2 atom stereocenters. The molecule has 3 rings (SSSR count). The standard InChI is InChI=1S/C13H18N2O/c14-11-2-4-13(16)10(6-11)8-15-7-9-1-3-12(15)5-9/h2,4,6,9,12,16H,1,3,5,7-8,14H2. The van der Waals surface area contributed by atoms with Crippen LogP contribution in [-0.2, 0) is 6.54 Å². The summed E-state index contributed by atoms with van der Waals surface area (Å²) in [5.74, 6) is 1.27. The highest BCUT2D eigenvalue weighted by atomic mass is 16.3. The molecule has 0 radical (unpaired) electrons. The lowest BCUT2D eigenvalue weighted by Gasteiger charge is -2.27. The first kappa shape index (κ1) is 9.97. The molecule has 0 amide bonds. The van der Waals surface area contributed by atoms with Gasteiger partial charge in [0, 0.05) is 30.4 Å². The number of hydrogen-bond donors (Lipinski definition) is 2. The van der Waals surface area contributed by atoms with Crippen molar-refractivity contribution in [1.82, 2.24) is 4.90 Å². The van der Waals surface area contributed by atoms with Crippen LogP contribution in [-0.4, -0.2) is 22.6 Å². The third-order valence-corrected chi connectivity index (χ3v) is 4.00. The van der Waals surface area contributed by atoms with Crippen molar-refractivity contribution >= 4 is 5.69 Å². The van der Waals surface area contributed by atoms with E-state index in [1.54, 1.807) is 12.1 Å². The first-order valence-electron chi connectivity index (χ1n) is 6.04. The number of nitrogens with zero attached hydrogens (tertiary/aromatic N) is 1. The Bertz CT molecular complexity index is 405. The first-order valence-corrected chi connectivity index (χ1v) is 6.04. The number of phenols is 1. The quantitative estimate of drug-likeness (QED) is 0.589. The van der Waals surface area contributed by atoms with Crippen molar-refractivity contribution in [2.75, 3.05) is 12.3 Å². The van der Waals surface area contributed by atoms with Crippen molar-refractivity contribution in [2.24, 2.45) is 5.92 Å². The molecule has 2 aliphatic rings. The van der Waals surface area contributed by atoms with Crippen LogP contribution < -0.4 is 5.73 Å². The van der Waals surface area contributed by atoms with Gasteiger partial charge in [-0.05, 0) is 43.4 Å². The highest BCUT2D eigenvalue weighted by molar-refractivity contribution is 5.47. The van der Waals surface area contributed by atoms with E-state index in [1.807, 2.05) is 6.07 Å². The Labute approximate surface area is 95.9 Å². The number of nitrogen functional groups attached to an aromatic ring is 1. The van der Waals surface area contributed by atoms with Crippen molar-refractivity contribution in [1.29, 1.82) is 0 Å². The maximum atomic E-state index is 9.78. The van der Waals surface area contributed by atoms with Crippen molar-refractivity contribution < 1.29 is 5.11 Å². The van der Waals surface area contributed by atoms with Gasteiger partial charge in [-0.15, -0.1) is 0 Å². The third-order valence-electron chi connectivity index (χ3n) is 4.00. The van der Waals surface area contributed by atoms with Gasteiger partial charge in [0.15, 0.2) is 0 Å². The van der Waals surface area contributed by atoms with Gasteiger partial charge in [0.25, 0.3) is 0 Å². The predicted molar refractivity (Wildman–Crippen MR) is 64.1 cm³/mol. The fourth-order valence-electron chi connectivity index (χ4n) is 3.17. The number of hydrogen-bond acceptors (Lipinski definition) is 3. The molecule has 2 fully saturated rings. The molecule has 1 heterocycles. The molecule has 1 aromatic carbocycles. The second kappa shape index (κ2) is 3.67. The summed E-state index contributed by atoms with van der Waals surface area (Å²) >= 11 is 0.